The van der Waals surface area contributed by atoms with Gasteiger partial charge < -0.3 is 14.2 Å². The molecule has 0 N–H and O–H groups in total. The zero-order valence-corrected chi connectivity index (χ0v) is 12.4. The molecule has 2 aromatic heterocycles. The van der Waals surface area contributed by atoms with Gasteiger partial charge in [-0.1, -0.05) is 0 Å². The van der Waals surface area contributed by atoms with Crippen molar-refractivity contribution in [1.29, 1.82) is 0 Å². The van der Waals surface area contributed by atoms with Gasteiger partial charge in [0.1, 0.15) is 6.26 Å². The number of nitrogens with zero attached hydrogens (tertiary/aromatic N) is 3. The van der Waals surface area contributed by atoms with Crippen molar-refractivity contribution in [1.82, 2.24) is 9.88 Å². The lowest BCUT2D eigenvalue weighted by molar-refractivity contribution is 0.0784. The number of carbonyl (C=O) groups excluding carboxylic acids is 1. The normalized spacial score (nSPS) is 24.4. The fourth-order valence-electron chi connectivity index (χ4n) is 3.68. The van der Waals surface area contributed by atoms with E-state index in [-0.39, 0.29) is 5.91 Å². The number of piperidine rings is 1. The predicted molar refractivity (Wildman–Crippen MR) is 82.7 cm³/mol. The van der Waals surface area contributed by atoms with Gasteiger partial charge in [-0.15, -0.1) is 0 Å². The number of likely N-dealkylation sites (tertiary alicyclic amines) is 1. The maximum atomic E-state index is 12.4. The first kappa shape index (κ1) is 13.4. The molecule has 2 aliphatic rings. The van der Waals surface area contributed by atoms with Gasteiger partial charge in [0.25, 0.3) is 5.91 Å². The number of aromatic nitrogens is 1. The van der Waals surface area contributed by atoms with Crippen molar-refractivity contribution >= 4 is 11.6 Å². The molecule has 0 aliphatic carbocycles. The SMILES string of the molecule is O=C(c1ccoc1)N1C[C@H]2CCN(c3cccnc3)C[C@H]2C1. The summed E-state index contributed by atoms with van der Waals surface area (Å²) in [5.74, 6) is 1.25. The van der Waals surface area contributed by atoms with E-state index in [4.69, 9.17) is 4.42 Å². The molecule has 2 aliphatic heterocycles. The first-order valence-corrected chi connectivity index (χ1v) is 7.78. The zero-order chi connectivity index (χ0) is 14.9. The van der Waals surface area contributed by atoms with Crippen molar-refractivity contribution in [3.8, 4) is 0 Å². The van der Waals surface area contributed by atoms with E-state index in [1.54, 1.807) is 18.5 Å². The fourth-order valence-corrected chi connectivity index (χ4v) is 3.68. The monoisotopic (exact) mass is 297 g/mol. The molecule has 0 saturated carbocycles. The van der Waals surface area contributed by atoms with Gasteiger partial charge in [-0.05, 0) is 36.5 Å². The number of amides is 1. The summed E-state index contributed by atoms with van der Waals surface area (Å²) < 4.78 is 5.03. The van der Waals surface area contributed by atoms with Crippen LogP contribution in [0.2, 0.25) is 0 Å². The van der Waals surface area contributed by atoms with Crippen LogP contribution in [-0.4, -0.2) is 42.0 Å². The highest BCUT2D eigenvalue weighted by molar-refractivity contribution is 5.94. The van der Waals surface area contributed by atoms with Crippen LogP contribution >= 0.6 is 0 Å². The Bertz CT molecular complexity index is 641. The summed E-state index contributed by atoms with van der Waals surface area (Å²) in [4.78, 5) is 21.0. The van der Waals surface area contributed by atoms with Crippen LogP contribution in [0.15, 0.2) is 47.5 Å². The summed E-state index contributed by atoms with van der Waals surface area (Å²) >= 11 is 0. The number of anilines is 1. The summed E-state index contributed by atoms with van der Waals surface area (Å²) in [6.07, 6.45) is 7.95. The minimum Gasteiger partial charge on any atom is -0.472 e. The minimum atomic E-state index is 0.0936. The largest absolute Gasteiger partial charge is 0.472 e. The van der Waals surface area contributed by atoms with Crippen molar-refractivity contribution in [2.45, 2.75) is 6.42 Å². The molecule has 2 atom stereocenters. The molecule has 0 aromatic carbocycles. The van der Waals surface area contributed by atoms with Gasteiger partial charge in [0.2, 0.25) is 0 Å². The average Bonchev–Trinajstić information content (AvgIpc) is 3.23. The number of furan rings is 1. The van der Waals surface area contributed by atoms with Gasteiger partial charge in [-0.2, -0.15) is 0 Å². The highest BCUT2D eigenvalue weighted by atomic mass is 16.3. The van der Waals surface area contributed by atoms with Crippen LogP contribution in [0.3, 0.4) is 0 Å². The fraction of sp³-hybridized carbons (Fsp3) is 0.412. The van der Waals surface area contributed by atoms with E-state index in [1.165, 1.54) is 12.0 Å². The maximum Gasteiger partial charge on any atom is 0.257 e. The quantitative estimate of drug-likeness (QED) is 0.853. The Morgan fingerprint density at radius 1 is 1.23 bits per heavy atom. The van der Waals surface area contributed by atoms with Crippen molar-refractivity contribution in [3.05, 3.63) is 48.7 Å². The minimum absolute atomic E-state index is 0.0936. The van der Waals surface area contributed by atoms with E-state index in [2.05, 4.69) is 16.0 Å². The predicted octanol–water partition coefficient (Wildman–Crippen LogP) is 2.27. The van der Waals surface area contributed by atoms with E-state index in [9.17, 15) is 4.79 Å². The third-order valence-corrected chi connectivity index (χ3v) is 4.87. The first-order chi connectivity index (χ1) is 10.8. The Kier molecular flexibility index (Phi) is 3.33. The van der Waals surface area contributed by atoms with Crippen LogP contribution < -0.4 is 4.90 Å². The molecule has 22 heavy (non-hydrogen) atoms. The molecule has 0 unspecified atom stereocenters. The summed E-state index contributed by atoms with van der Waals surface area (Å²) in [7, 11) is 0. The molecular weight excluding hydrogens is 278 g/mol. The number of hydrogen-bond donors (Lipinski definition) is 0. The second kappa shape index (κ2) is 5.48. The number of fused-ring (bicyclic) bond motifs is 1. The highest BCUT2D eigenvalue weighted by Crippen LogP contribution is 2.33. The van der Waals surface area contributed by atoms with Crippen LogP contribution in [0.5, 0.6) is 0 Å². The van der Waals surface area contributed by atoms with Crippen LogP contribution in [0.25, 0.3) is 0 Å². The van der Waals surface area contributed by atoms with Gasteiger partial charge in [-0.3, -0.25) is 9.78 Å². The molecule has 0 spiro atoms. The average molecular weight is 297 g/mol. The molecule has 2 fully saturated rings. The number of hydrogen-bond acceptors (Lipinski definition) is 4. The van der Waals surface area contributed by atoms with E-state index < -0.39 is 0 Å². The summed E-state index contributed by atoms with van der Waals surface area (Å²) in [5.41, 5.74) is 1.84. The van der Waals surface area contributed by atoms with Crippen molar-refractivity contribution in [3.63, 3.8) is 0 Å². The van der Waals surface area contributed by atoms with Gasteiger partial charge in [0.15, 0.2) is 0 Å². The molecule has 0 radical (unpaired) electrons. The van der Waals surface area contributed by atoms with E-state index in [1.807, 2.05) is 17.2 Å². The summed E-state index contributed by atoms with van der Waals surface area (Å²) in [6, 6.07) is 5.83. The standard InChI is InChI=1S/C17H19N3O2/c21-17(14-4-7-22-12-14)20-9-13-3-6-19(10-15(13)11-20)16-2-1-5-18-8-16/h1-2,4-5,7-8,12-13,15H,3,6,9-11H2/t13-,15+/m1/s1. The number of pyridine rings is 1. The Labute approximate surface area is 129 Å². The zero-order valence-electron chi connectivity index (χ0n) is 12.4. The number of carbonyl (C=O) groups is 1. The molecule has 5 heteroatoms. The number of rotatable bonds is 2. The van der Waals surface area contributed by atoms with Crippen LogP contribution in [0.1, 0.15) is 16.8 Å². The van der Waals surface area contributed by atoms with Crippen molar-refractivity contribution in [2.24, 2.45) is 11.8 Å². The molecule has 4 rings (SSSR count). The van der Waals surface area contributed by atoms with Gasteiger partial charge in [-0.25, -0.2) is 0 Å². The topological polar surface area (TPSA) is 49.6 Å². The van der Waals surface area contributed by atoms with Crippen LogP contribution in [0, 0.1) is 11.8 Å². The lowest BCUT2D eigenvalue weighted by Gasteiger charge is -2.35. The summed E-state index contributed by atoms with van der Waals surface area (Å²) in [5, 5.41) is 0. The Balaban J connectivity index is 1.45. The Hall–Kier alpha value is -2.30. The molecule has 4 heterocycles. The maximum absolute atomic E-state index is 12.4. The van der Waals surface area contributed by atoms with Gasteiger partial charge in [0.05, 0.1) is 23.7 Å². The molecule has 2 saturated heterocycles. The van der Waals surface area contributed by atoms with Gasteiger partial charge >= 0.3 is 0 Å². The third-order valence-electron chi connectivity index (χ3n) is 4.87. The molecule has 2 aromatic rings. The second-order valence-corrected chi connectivity index (χ2v) is 6.19. The van der Waals surface area contributed by atoms with Gasteiger partial charge in [0, 0.05) is 32.4 Å². The van der Waals surface area contributed by atoms with Crippen molar-refractivity contribution < 1.29 is 9.21 Å². The van der Waals surface area contributed by atoms with E-state index in [0.717, 1.165) is 32.6 Å². The molecular formula is C17H19N3O2. The smallest absolute Gasteiger partial charge is 0.257 e. The lowest BCUT2D eigenvalue weighted by Crippen LogP contribution is -2.40. The first-order valence-electron chi connectivity index (χ1n) is 7.78. The van der Waals surface area contributed by atoms with Crippen LogP contribution in [-0.2, 0) is 0 Å². The lowest BCUT2D eigenvalue weighted by atomic mass is 9.88. The van der Waals surface area contributed by atoms with Crippen molar-refractivity contribution in [2.75, 3.05) is 31.1 Å². The highest BCUT2D eigenvalue weighted by Gasteiger charge is 2.39. The Morgan fingerprint density at radius 3 is 2.91 bits per heavy atom. The Morgan fingerprint density at radius 2 is 2.14 bits per heavy atom. The molecule has 1 amide bonds. The van der Waals surface area contributed by atoms with Crippen LogP contribution in [0.4, 0.5) is 5.69 Å². The summed E-state index contributed by atoms with van der Waals surface area (Å²) in [6.45, 7) is 3.76. The van der Waals surface area contributed by atoms with E-state index >= 15 is 0 Å². The third kappa shape index (κ3) is 2.36. The van der Waals surface area contributed by atoms with E-state index in [0.29, 0.717) is 17.4 Å². The molecule has 5 nitrogen and oxygen atoms in total. The molecule has 114 valence electrons. The second-order valence-electron chi connectivity index (χ2n) is 6.19. The molecule has 0 bridgehead atoms.